The Hall–Kier alpha value is -2.01. The zero-order valence-corrected chi connectivity index (χ0v) is 10.5. The average Bonchev–Trinajstić information content (AvgIpc) is 2.40. The van der Waals surface area contributed by atoms with Gasteiger partial charge in [0.05, 0.1) is 5.56 Å². The third-order valence-corrected chi connectivity index (χ3v) is 3.01. The SMILES string of the molecule is CSc1ccc(Oc2ccc(C(=O)O)cn2)cc1. The van der Waals surface area contributed by atoms with E-state index in [0.29, 0.717) is 11.6 Å². The van der Waals surface area contributed by atoms with Gasteiger partial charge in [-0.2, -0.15) is 0 Å². The molecule has 0 unspecified atom stereocenters. The van der Waals surface area contributed by atoms with Gasteiger partial charge in [0, 0.05) is 17.2 Å². The summed E-state index contributed by atoms with van der Waals surface area (Å²) in [6, 6.07) is 10.6. The summed E-state index contributed by atoms with van der Waals surface area (Å²) in [5, 5.41) is 8.74. The molecule has 0 aliphatic heterocycles. The van der Waals surface area contributed by atoms with Crippen molar-refractivity contribution < 1.29 is 14.6 Å². The normalized spacial score (nSPS) is 10.1. The lowest BCUT2D eigenvalue weighted by molar-refractivity contribution is 0.0696. The zero-order chi connectivity index (χ0) is 13.0. The molecule has 1 N–H and O–H groups in total. The van der Waals surface area contributed by atoms with E-state index in [9.17, 15) is 4.79 Å². The maximum Gasteiger partial charge on any atom is 0.337 e. The summed E-state index contributed by atoms with van der Waals surface area (Å²) in [6.45, 7) is 0. The number of aromatic carboxylic acids is 1. The minimum absolute atomic E-state index is 0.139. The molecular weight excluding hydrogens is 250 g/mol. The summed E-state index contributed by atoms with van der Waals surface area (Å²) in [5.74, 6) is 0.0404. The van der Waals surface area contributed by atoms with Gasteiger partial charge in [0.2, 0.25) is 5.88 Å². The molecule has 4 nitrogen and oxygen atoms in total. The number of ether oxygens (including phenoxy) is 1. The van der Waals surface area contributed by atoms with Gasteiger partial charge in [-0.15, -0.1) is 11.8 Å². The fourth-order valence-electron chi connectivity index (χ4n) is 1.33. The number of hydrogen-bond donors (Lipinski definition) is 1. The first-order valence-corrected chi connectivity index (χ1v) is 6.43. The Balaban J connectivity index is 2.10. The average molecular weight is 261 g/mol. The van der Waals surface area contributed by atoms with E-state index in [1.807, 2.05) is 30.5 Å². The molecule has 92 valence electrons. The fourth-order valence-corrected chi connectivity index (χ4v) is 1.74. The Morgan fingerprint density at radius 3 is 2.44 bits per heavy atom. The van der Waals surface area contributed by atoms with E-state index in [0.717, 1.165) is 4.90 Å². The maximum atomic E-state index is 10.7. The van der Waals surface area contributed by atoms with Crippen molar-refractivity contribution in [2.45, 2.75) is 4.90 Å². The van der Waals surface area contributed by atoms with Crippen molar-refractivity contribution in [3.63, 3.8) is 0 Å². The Bertz CT molecular complexity index is 537. The lowest BCUT2D eigenvalue weighted by atomic mass is 10.3. The van der Waals surface area contributed by atoms with Crippen LogP contribution in [-0.4, -0.2) is 22.3 Å². The number of carbonyl (C=O) groups is 1. The molecule has 0 radical (unpaired) electrons. The number of benzene rings is 1. The van der Waals surface area contributed by atoms with Gasteiger partial charge in [0.15, 0.2) is 0 Å². The van der Waals surface area contributed by atoms with Crippen LogP contribution in [0.4, 0.5) is 0 Å². The first-order chi connectivity index (χ1) is 8.69. The number of thioether (sulfide) groups is 1. The minimum atomic E-state index is -1.00. The predicted octanol–water partition coefficient (Wildman–Crippen LogP) is 3.29. The minimum Gasteiger partial charge on any atom is -0.478 e. The van der Waals surface area contributed by atoms with Gasteiger partial charge in [0.25, 0.3) is 0 Å². The van der Waals surface area contributed by atoms with Crippen molar-refractivity contribution in [1.29, 1.82) is 0 Å². The van der Waals surface area contributed by atoms with Gasteiger partial charge in [-0.05, 0) is 36.6 Å². The Morgan fingerprint density at radius 1 is 1.22 bits per heavy atom. The lowest BCUT2D eigenvalue weighted by Crippen LogP contribution is -1.97. The third kappa shape index (κ3) is 3.01. The van der Waals surface area contributed by atoms with E-state index in [2.05, 4.69) is 4.98 Å². The number of hydrogen-bond acceptors (Lipinski definition) is 4. The summed E-state index contributed by atoms with van der Waals surface area (Å²) >= 11 is 1.65. The third-order valence-electron chi connectivity index (χ3n) is 2.27. The fraction of sp³-hybridized carbons (Fsp3) is 0.0769. The first kappa shape index (κ1) is 12.4. The van der Waals surface area contributed by atoms with Gasteiger partial charge in [-0.3, -0.25) is 0 Å². The molecular formula is C13H11NO3S. The van der Waals surface area contributed by atoms with Crippen molar-refractivity contribution in [2.75, 3.05) is 6.26 Å². The predicted molar refractivity (Wildman–Crippen MR) is 69.5 cm³/mol. The molecule has 0 atom stereocenters. The number of aromatic nitrogens is 1. The molecule has 0 saturated heterocycles. The number of rotatable bonds is 4. The van der Waals surface area contributed by atoms with Crippen LogP contribution in [0.1, 0.15) is 10.4 Å². The van der Waals surface area contributed by atoms with Crippen LogP contribution >= 0.6 is 11.8 Å². The molecule has 0 spiro atoms. The quantitative estimate of drug-likeness (QED) is 0.856. The van der Waals surface area contributed by atoms with Crippen LogP contribution in [0.5, 0.6) is 11.6 Å². The van der Waals surface area contributed by atoms with Gasteiger partial charge in [-0.1, -0.05) is 0 Å². The van der Waals surface area contributed by atoms with Gasteiger partial charge >= 0.3 is 5.97 Å². The van der Waals surface area contributed by atoms with Gasteiger partial charge in [0.1, 0.15) is 5.75 Å². The molecule has 1 aromatic heterocycles. The summed E-state index contributed by atoms with van der Waals surface area (Å²) in [7, 11) is 0. The number of carboxylic acids is 1. The largest absolute Gasteiger partial charge is 0.478 e. The van der Waals surface area contributed by atoms with Crippen LogP contribution in [0.3, 0.4) is 0 Å². The van der Waals surface area contributed by atoms with Crippen LogP contribution in [0.25, 0.3) is 0 Å². The molecule has 0 aliphatic carbocycles. The molecule has 1 heterocycles. The highest BCUT2D eigenvalue weighted by molar-refractivity contribution is 7.98. The van der Waals surface area contributed by atoms with Crippen molar-refractivity contribution in [1.82, 2.24) is 4.98 Å². The van der Waals surface area contributed by atoms with Crippen LogP contribution in [-0.2, 0) is 0 Å². The van der Waals surface area contributed by atoms with E-state index in [1.165, 1.54) is 18.3 Å². The van der Waals surface area contributed by atoms with Crippen molar-refractivity contribution in [2.24, 2.45) is 0 Å². The van der Waals surface area contributed by atoms with E-state index >= 15 is 0 Å². The Kier molecular flexibility index (Phi) is 3.84. The molecule has 0 saturated carbocycles. The Morgan fingerprint density at radius 2 is 1.94 bits per heavy atom. The van der Waals surface area contributed by atoms with E-state index < -0.39 is 5.97 Å². The zero-order valence-electron chi connectivity index (χ0n) is 9.66. The summed E-state index contributed by atoms with van der Waals surface area (Å²) in [4.78, 5) is 15.7. The van der Waals surface area contributed by atoms with E-state index in [4.69, 9.17) is 9.84 Å². The van der Waals surface area contributed by atoms with Crippen LogP contribution in [0.15, 0.2) is 47.5 Å². The standard InChI is InChI=1S/C13H11NO3S/c1-18-11-5-3-10(4-6-11)17-12-7-2-9(8-14-12)13(15)16/h2-8H,1H3,(H,15,16). The van der Waals surface area contributed by atoms with Crippen molar-refractivity contribution in [3.05, 3.63) is 48.2 Å². The molecule has 2 rings (SSSR count). The van der Waals surface area contributed by atoms with E-state index in [1.54, 1.807) is 11.8 Å². The molecule has 5 heteroatoms. The van der Waals surface area contributed by atoms with E-state index in [-0.39, 0.29) is 5.56 Å². The highest BCUT2D eigenvalue weighted by Crippen LogP contribution is 2.23. The van der Waals surface area contributed by atoms with Crippen molar-refractivity contribution in [3.8, 4) is 11.6 Å². The molecule has 0 aliphatic rings. The molecule has 2 aromatic rings. The monoisotopic (exact) mass is 261 g/mol. The second kappa shape index (κ2) is 5.55. The highest BCUT2D eigenvalue weighted by Gasteiger charge is 2.04. The number of pyridine rings is 1. The van der Waals surface area contributed by atoms with Gasteiger partial charge in [-0.25, -0.2) is 9.78 Å². The summed E-state index contributed by atoms with van der Waals surface area (Å²) < 4.78 is 5.50. The number of carboxylic acid groups (broad SMARTS) is 1. The smallest absolute Gasteiger partial charge is 0.337 e. The molecule has 1 aromatic carbocycles. The van der Waals surface area contributed by atoms with Crippen molar-refractivity contribution >= 4 is 17.7 Å². The second-order valence-corrected chi connectivity index (χ2v) is 4.35. The Labute approximate surface area is 109 Å². The summed E-state index contributed by atoms with van der Waals surface area (Å²) in [5.41, 5.74) is 0.139. The number of nitrogens with zero attached hydrogens (tertiary/aromatic N) is 1. The second-order valence-electron chi connectivity index (χ2n) is 3.47. The topological polar surface area (TPSA) is 59.4 Å². The molecule has 0 amide bonds. The lowest BCUT2D eigenvalue weighted by Gasteiger charge is -2.05. The molecule has 18 heavy (non-hydrogen) atoms. The van der Waals surface area contributed by atoms with Crippen LogP contribution in [0, 0.1) is 0 Å². The molecule has 0 fully saturated rings. The van der Waals surface area contributed by atoms with Gasteiger partial charge < -0.3 is 9.84 Å². The first-order valence-electron chi connectivity index (χ1n) is 5.20. The summed E-state index contributed by atoms with van der Waals surface area (Å²) in [6.07, 6.45) is 3.27. The van der Waals surface area contributed by atoms with Crippen LogP contribution < -0.4 is 4.74 Å². The maximum absolute atomic E-state index is 10.7. The highest BCUT2D eigenvalue weighted by atomic mass is 32.2. The van der Waals surface area contributed by atoms with Crippen LogP contribution in [0.2, 0.25) is 0 Å². The molecule has 0 bridgehead atoms.